The van der Waals surface area contributed by atoms with Crippen LogP contribution in [0.15, 0.2) is 16.6 Å². The Morgan fingerprint density at radius 3 is 2.88 bits per heavy atom. The molecule has 0 saturated carbocycles. The standard InChI is InChI=1S/C12H15BrO3/c13-10-7-9(3-1-4-14)8-11-12(10)16-6-2-5-15-11/h7-8,14H,1-6H2. The summed E-state index contributed by atoms with van der Waals surface area (Å²) in [5, 5.41) is 8.81. The second kappa shape index (κ2) is 5.55. The molecule has 2 rings (SSSR count). The summed E-state index contributed by atoms with van der Waals surface area (Å²) in [5.41, 5.74) is 1.16. The van der Waals surface area contributed by atoms with Gasteiger partial charge in [0.1, 0.15) is 0 Å². The van der Waals surface area contributed by atoms with Gasteiger partial charge in [-0.2, -0.15) is 0 Å². The van der Waals surface area contributed by atoms with Gasteiger partial charge in [0.25, 0.3) is 0 Å². The van der Waals surface area contributed by atoms with Crippen LogP contribution in [0.2, 0.25) is 0 Å². The van der Waals surface area contributed by atoms with Gasteiger partial charge in [-0.15, -0.1) is 0 Å². The molecule has 1 aliphatic heterocycles. The number of ether oxygens (including phenoxy) is 2. The Labute approximate surface area is 104 Å². The minimum atomic E-state index is 0.214. The average Bonchev–Trinajstić information content (AvgIpc) is 2.51. The van der Waals surface area contributed by atoms with Gasteiger partial charge in [0.05, 0.1) is 17.7 Å². The molecule has 0 amide bonds. The van der Waals surface area contributed by atoms with Crippen molar-refractivity contribution in [3.63, 3.8) is 0 Å². The Bertz CT molecular complexity index is 366. The van der Waals surface area contributed by atoms with Gasteiger partial charge in [-0.3, -0.25) is 0 Å². The fourth-order valence-corrected chi connectivity index (χ4v) is 2.32. The number of halogens is 1. The molecule has 16 heavy (non-hydrogen) atoms. The predicted molar refractivity (Wildman–Crippen MR) is 65.2 cm³/mol. The molecule has 1 heterocycles. The van der Waals surface area contributed by atoms with Crippen molar-refractivity contribution in [2.24, 2.45) is 0 Å². The van der Waals surface area contributed by atoms with Crippen LogP contribution in [0.5, 0.6) is 11.5 Å². The van der Waals surface area contributed by atoms with Gasteiger partial charge in [0, 0.05) is 13.0 Å². The first-order chi connectivity index (χ1) is 7.81. The molecule has 0 aromatic heterocycles. The molecule has 0 aliphatic carbocycles. The van der Waals surface area contributed by atoms with Crippen LogP contribution in [0.4, 0.5) is 0 Å². The molecule has 88 valence electrons. The van der Waals surface area contributed by atoms with Gasteiger partial charge in [-0.05, 0) is 46.5 Å². The smallest absolute Gasteiger partial charge is 0.175 e. The number of hydrogen-bond acceptors (Lipinski definition) is 3. The van der Waals surface area contributed by atoms with E-state index in [9.17, 15) is 0 Å². The monoisotopic (exact) mass is 286 g/mol. The summed E-state index contributed by atoms with van der Waals surface area (Å²) in [5.74, 6) is 1.60. The van der Waals surface area contributed by atoms with E-state index in [1.807, 2.05) is 12.1 Å². The summed E-state index contributed by atoms with van der Waals surface area (Å²) in [6.07, 6.45) is 2.53. The molecule has 0 atom stereocenters. The highest BCUT2D eigenvalue weighted by atomic mass is 79.9. The summed E-state index contributed by atoms with van der Waals surface area (Å²) in [4.78, 5) is 0. The summed E-state index contributed by atoms with van der Waals surface area (Å²) < 4.78 is 12.2. The topological polar surface area (TPSA) is 38.7 Å². The van der Waals surface area contributed by atoms with Crippen molar-refractivity contribution in [2.45, 2.75) is 19.3 Å². The fraction of sp³-hybridized carbons (Fsp3) is 0.500. The molecule has 1 aromatic rings. The highest BCUT2D eigenvalue weighted by Gasteiger charge is 2.14. The molecular weight excluding hydrogens is 272 g/mol. The maximum absolute atomic E-state index is 8.81. The Balaban J connectivity index is 2.24. The van der Waals surface area contributed by atoms with Crippen LogP contribution in [-0.4, -0.2) is 24.9 Å². The number of aliphatic hydroxyl groups excluding tert-OH is 1. The maximum atomic E-state index is 8.81. The van der Waals surface area contributed by atoms with E-state index < -0.39 is 0 Å². The van der Waals surface area contributed by atoms with E-state index in [0.29, 0.717) is 13.2 Å². The first-order valence-corrected chi connectivity index (χ1v) is 6.29. The summed E-state index contributed by atoms with van der Waals surface area (Å²) >= 11 is 3.49. The van der Waals surface area contributed by atoms with Gasteiger partial charge in [0.15, 0.2) is 11.5 Å². The molecule has 1 aromatic carbocycles. The lowest BCUT2D eigenvalue weighted by Crippen LogP contribution is -1.97. The fourth-order valence-electron chi connectivity index (χ4n) is 1.71. The lowest BCUT2D eigenvalue weighted by Gasteiger charge is -2.11. The lowest BCUT2D eigenvalue weighted by molar-refractivity contribution is 0.288. The molecule has 1 N–H and O–H groups in total. The second-order valence-electron chi connectivity index (χ2n) is 3.78. The second-order valence-corrected chi connectivity index (χ2v) is 4.64. The lowest BCUT2D eigenvalue weighted by atomic mass is 10.1. The Morgan fingerprint density at radius 1 is 1.25 bits per heavy atom. The van der Waals surface area contributed by atoms with Crippen LogP contribution in [0.3, 0.4) is 0 Å². The zero-order chi connectivity index (χ0) is 11.4. The number of aryl methyl sites for hydroxylation is 1. The van der Waals surface area contributed by atoms with Crippen molar-refractivity contribution in [3.05, 3.63) is 22.2 Å². The third kappa shape index (κ3) is 2.68. The van der Waals surface area contributed by atoms with Crippen LogP contribution < -0.4 is 9.47 Å². The summed E-state index contributed by atoms with van der Waals surface area (Å²) in [6, 6.07) is 4.03. The molecule has 3 nitrogen and oxygen atoms in total. The molecular formula is C12H15BrO3. The minimum absolute atomic E-state index is 0.214. The predicted octanol–water partition coefficient (Wildman–Crippen LogP) is 2.54. The van der Waals surface area contributed by atoms with E-state index in [1.54, 1.807) is 0 Å². The average molecular weight is 287 g/mol. The number of fused-ring (bicyclic) bond motifs is 1. The number of aliphatic hydroxyl groups is 1. The zero-order valence-corrected chi connectivity index (χ0v) is 10.6. The molecule has 0 fully saturated rings. The highest BCUT2D eigenvalue weighted by molar-refractivity contribution is 9.10. The van der Waals surface area contributed by atoms with Gasteiger partial charge in [-0.1, -0.05) is 0 Å². The molecule has 1 aliphatic rings. The third-order valence-electron chi connectivity index (χ3n) is 2.49. The normalized spacial score (nSPS) is 14.6. The number of benzene rings is 1. The Kier molecular flexibility index (Phi) is 4.07. The molecule has 0 radical (unpaired) electrons. The SMILES string of the molecule is OCCCc1cc(Br)c2c(c1)OCCCO2. The largest absolute Gasteiger partial charge is 0.490 e. The quantitative estimate of drug-likeness (QED) is 0.928. The molecule has 4 heteroatoms. The minimum Gasteiger partial charge on any atom is -0.490 e. The van der Waals surface area contributed by atoms with E-state index >= 15 is 0 Å². The van der Waals surface area contributed by atoms with E-state index in [2.05, 4.69) is 15.9 Å². The van der Waals surface area contributed by atoms with Crippen LogP contribution >= 0.6 is 15.9 Å². The van der Waals surface area contributed by atoms with Crippen molar-refractivity contribution in [2.75, 3.05) is 19.8 Å². The van der Waals surface area contributed by atoms with Gasteiger partial charge in [0.2, 0.25) is 0 Å². The van der Waals surface area contributed by atoms with Crippen LogP contribution in [-0.2, 0) is 6.42 Å². The number of rotatable bonds is 3. The summed E-state index contributed by atoms with van der Waals surface area (Å²) in [7, 11) is 0. The first kappa shape index (κ1) is 11.7. The van der Waals surface area contributed by atoms with Gasteiger partial charge >= 0.3 is 0 Å². The Morgan fingerprint density at radius 2 is 2.06 bits per heavy atom. The third-order valence-corrected chi connectivity index (χ3v) is 3.07. The molecule has 0 unspecified atom stereocenters. The van der Waals surface area contributed by atoms with Gasteiger partial charge < -0.3 is 14.6 Å². The van der Waals surface area contributed by atoms with Crippen molar-refractivity contribution in [1.29, 1.82) is 0 Å². The number of hydrogen-bond donors (Lipinski definition) is 1. The van der Waals surface area contributed by atoms with Crippen molar-refractivity contribution in [1.82, 2.24) is 0 Å². The first-order valence-electron chi connectivity index (χ1n) is 5.50. The van der Waals surface area contributed by atoms with Crippen molar-refractivity contribution >= 4 is 15.9 Å². The van der Waals surface area contributed by atoms with E-state index in [4.69, 9.17) is 14.6 Å². The van der Waals surface area contributed by atoms with E-state index in [0.717, 1.165) is 40.8 Å². The van der Waals surface area contributed by atoms with E-state index in [-0.39, 0.29) is 6.61 Å². The molecule has 0 bridgehead atoms. The molecule has 0 spiro atoms. The van der Waals surface area contributed by atoms with Crippen LogP contribution in [0, 0.1) is 0 Å². The van der Waals surface area contributed by atoms with Gasteiger partial charge in [-0.25, -0.2) is 0 Å². The van der Waals surface area contributed by atoms with Crippen LogP contribution in [0.25, 0.3) is 0 Å². The zero-order valence-electron chi connectivity index (χ0n) is 9.04. The van der Waals surface area contributed by atoms with E-state index in [1.165, 1.54) is 0 Å². The maximum Gasteiger partial charge on any atom is 0.175 e. The molecule has 0 saturated heterocycles. The summed E-state index contributed by atoms with van der Waals surface area (Å²) in [6.45, 7) is 1.61. The Hall–Kier alpha value is -0.740. The highest BCUT2D eigenvalue weighted by Crippen LogP contribution is 2.38. The van der Waals surface area contributed by atoms with Crippen LogP contribution in [0.1, 0.15) is 18.4 Å². The van der Waals surface area contributed by atoms with Crippen molar-refractivity contribution in [3.8, 4) is 11.5 Å². The van der Waals surface area contributed by atoms with Crippen molar-refractivity contribution < 1.29 is 14.6 Å².